The van der Waals surface area contributed by atoms with Gasteiger partial charge in [0.1, 0.15) is 0 Å². The van der Waals surface area contributed by atoms with Crippen molar-refractivity contribution in [3.8, 4) is 0 Å². The van der Waals surface area contributed by atoms with Crippen molar-refractivity contribution < 1.29 is 13.2 Å². The molecule has 4 unspecified atom stereocenters. The van der Waals surface area contributed by atoms with Gasteiger partial charge in [0.15, 0.2) is 0 Å². The lowest BCUT2D eigenvalue weighted by Gasteiger charge is -2.42. The lowest BCUT2D eigenvalue weighted by Crippen LogP contribution is -2.57. The summed E-state index contributed by atoms with van der Waals surface area (Å²) in [4.78, 5) is 0. The van der Waals surface area contributed by atoms with Gasteiger partial charge in [0.25, 0.3) is 10.2 Å². The molecule has 2 aliphatic heterocycles. The van der Waals surface area contributed by atoms with Crippen LogP contribution < -0.4 is 5.73 Å². The van der Waals surface area contributed by atoms with Crippen LogP contribution in [0.4, 0.5) is 0 Å². The molecule has 2 fully saturated rings. The molecule has 0 aromatic heterocycles. The molecule has 2 rings (SSSR count). The number of rotatable bonds is 3. The second-order valence-electron chi connectivity index (χ2n) is 6.18. The fraction of sp³-hybridized carbons (Fsp3) is 1.00. The summed E-state index contributed by atoms with van der Waals surface area (Å²) >= 11 is 0. The number of piperidine rings is 1. The highest BCUT2D eigenvalue weighted by Crippen LogP contribution is 2.27. The molecule has 2 heterocycles. The second-order valence-corrected chi connectivity index (χ2v) is 8.06. The lowest BCUT2D eigenvalue weighted by atomic mass is 9.96. The SMILES string of the molecule is CC1CN(S(=O)(=O)N2CC(CN)CCC2C)CC(C)O1. The Balaban J connectivity index is 2.15. The van der Waals surface area contributed by atoms with E-state index in [1.165, 1.54) is 0 Å². The van der Waals surface area contributed by atoms with Crippen LogP contribution in [-0.4, -0.2) is 61.5 Å². The van der Waals surface area contributed by atoms with Crippen LogP contribution in [0.15, 0.2) is 0 Å². The van der Waals surface area contributed by atoms with E-state index in [0.717, 1.165) is 12.8 Å². The molecule has 20 heavy (non-hydrogen) atoms. The number of nitrogens with zero attached hydrogens (tertiary/aromatic N) is 2. The van der Waals surface area contributed by atoms with Gasteiger partial charge in [-0.1, -0.05) is 0 Å². The number of ether oxygens (including phenoxy) is 1. The fourth-order valence-corrected chi connectivity index (χ4v) is 5.18. The molecular formula is C13H27N3O3S. The molecule has 0 aromatic rings. The molecule has 0 amide bonds. The first-order chi connectivity index (χ1) is 9.34. The van der Waals surface area contributed by atoms with E-state index in [0.29, 0.717) is 26.2 Å². The van der Waals surface area contributed by atoms with Gasteiger partial charge in [-0.05, 0) is 46.1 Å². The third kappa shape index (κ3) is 3.33. The Kier molecular flexibility index (Phi) is 5.07. The van der Waals surface area contributed by atoms with Gasteiger partial charge < -0.3 is 10.5 Å². The van der Waals surface area contributed by atoms with Crippen molar-refractivity contribution in [1.29, 1.82) is 0 Å². The maximum Gasteiger partial charge on any atom is 0.282 e. The first-order valence-corrected chi connectivity index (χ1v) is 8.86. The van der Waals surface area contributed by atoms with Gasteiger partial charge in [-0.2, -0.15) is 17.0 Å². The van der Waals surface area contributed by atoms with E-state index < -0.39 is 10.2 Å². The van der Waals surface area contributed by atoms with Gasteiger partial charge in [0, 0.05) is 25.7 Å². The number of nitrogens with two attached hydrogens (primary N) is 1. The van der Waals surface area contributed by atoms with Crippen LogP contribution in [0.5, 0.6) is 0 Å². The third-order valence-corrected chi connectivity index (χ3v) is 6.32. The lowest BCUT2D eigenvalue weighted by molar-refractivity contribution is -0.0461. The van der Waals surface area contributed by atoms with E-state index >= 15 is 0 Å². The highest BCUT2D eigenvalue weighted by molar-refractivity contribution is 7.86. The quantitative estimate of drug-likeness (QED) is 0.819. The number of hydrogen-bond donors (Lipinski definition) is 1. The Hall–Kier alpha value is -0.210. The van der Waals surface area contributed by atoms with E-state index in [2.05, 4.69) is 0 Å². The Morgan fingerprint density at radius 2 is 1.70 bits per heavy atom. The molecule has 2 N–H and O–H groups in total. The number of morpholine rings is 1. The molecule has 0 radical (unpaired) electrons. The van der Waals surface area contributed by atoms with Crippen molar-refractivity contribution >= 4 is 10.2 Å². The zero-order chi connectivity index (χ0) is 14.9. The number of hydrogen-bond acceptors (Lipinski definition) is 4. The summed E-state index contributed by atoms with van der Waals surface area (Å²) in [6.07, 6.45) is 1.79. The average Bonchev–Trinajstić information content (AvgIpc) is 2.38. The smallest absolute Gasteiger partial charge is 0.282 e. The van der Waals surface area contributed by atoms with Crippen LogP contribution in [0.2, 0.25) is 0 Å². The van der Waals surface area contributed by atoms with Crippen molar-refractivity contribution in [3.05, 3.63) is 0 Å². The first kappa shape index (κ1) is 16.2. The highest BCUT2D eigenvalue weighted by atomic mass is 32.2. The van der Waals surface area contributed by atoms with E-state index in [1.807, 2.05) is 20.8 Å². The standard InChI is InChI=1S/C13H27N3O3S/c1-10-4-5-13(6-14)9-16(10)20(17,18)15-7-11(2)19-12(3)8-15/h10-13H,4-9,14H2,1-3H3. The van der Waals surface area contributed by atoms with E-state index in [1.54, 1.807) is 8.61 Å². The fourth-order valence-electron chi connectivity index (χ4n) is 3.13. The van der Waals surface area contributed by atoms with Crippen molar-refractivity contribution in [2.24, 2.45) is 11.7 Å². The molecule has 7 heteroatoms. The van der Waals surface area contributed by atoms with Crippen molar-refractivity contribution in [2.45, 2.75) is 51.9 Å². The minimum absolute atomic E-state index is 0.0521. The Morgan fingerprint density at radius 1 is 1.10 bits per heavy atom. The first-order valence-electron chi connectivity index (χ1n) is 7.47. The predicted molar refractivity (Wildman–Crippen MR) is 78.4 cm³/mol. The van der Waals surface area contributed by atoms with Crippen LogP contribution in [0.1, 0.15) is 33.6 Å². The summed E-state index contributed by atoms with van der Waals surface area (Å²) in [6.45, 7) is 7.78. The summed E-state index contributed by atoms with van der Waals surface area (Å²) in [5.74, 6) is 0.275. The summed E-state index contributed by atoms with van der Waals surface area (Å²) < 4.78 is 34.6. The molecule has 0 aliphatic carbocycles. The van der Waals surface area contributed by atoms with Crippen LogP contribution in [0, 0.1) is 5.92 Å². The van der Waals surface area contributed by atoms with E-state index in [9.17, 15) is 8.42 Å². The molecule has 0 saturated carbocycles. The van der Waals surface area contributed by atoms with Gasteiger partial charge in [0.05, 0.1) is 12.2 Å². The minimum atomic E-state index is -3.41. The van der Waals surface area contributed by atoms with E-state index in [4.69, 9.17) is 10.5 Å². The predicted octanol–water partition coefficient (Wildman–Crippen LogP) is 0.400. The summed E-state index contributed by atoms with van der Waals surface area (Å²) in [5.41, 5.74) is 5.72. The summed E-state index contributed by atoms with van der Waals surface area (Å²) in [6, 6.07) is 0.0521. The largest absolute Gasteiger partial charge is 0.373 e. The second kappa shape index (κ2) is 6.27. The molecule has 118 valence electrons. The highest BCUT2D eigenvalue weighted by Gasteiger charge is 2.39. The average molecular weight is 305 g/mol. The maximum atomic E-state index is 12.9. The molecule has 0 aromatic carbocycles. The van der Waals surface area contributed by atoms with Crippen LogP contribution in [-0.2, 0) is 14.9 Å². The van der Waals surface area contributed by atoms with Crippen molar-refractivity contribution in [1.82, 2.24) is 8.61 Å². The van der Waals surface area contributed by atoms with Gasteiger partial charge in [0.2, 0.25) is 0 Å². The van der Waals surface area contributed by atoms with Crippen molar-refractivity contribution in [2.75, 3.05) is 26.2 Å². The van der Waals surface area contributed by atoms with Gasteiger partial charge in [-0.3, -0.25) is 0 Å². The topological polar surface area (TPSA) is 75.9 Å². The molecule has 0 spiro atoms. The van der Waals surface area contributed by atoms with Gasteiger partial charge in [-0.25, -0.2) is 0 Å². The zero-order valence-corrected chi connectivity index (χ0v) is 13.5. The Morgan fingerprint density at radius 3 is 2.25 bits per heavy atom. The normalized spacial score (nSPS) is 38.0. The van der Waals surface area contributed by atoms with Crippen LogP contribution in [0.25, 0.3) is 0 Å². The van der Waals surface area contributed by atoms with Crippen LogP contribution in [0.3, 0.4) is 0 Å². The molecule has 4 atom stereocenters. The monoisotopic (exact) mass is 305 g/mol. The molecule has 2 saturated heterocycles. The van der Waals surface area contributed by atoms with Gasteiger partial charge in [-0.15, -0.1) is 0 Å². The summed E-state index contributed by atoms with van der Waals surface area (Å²) in [5, 5.41) is 0. The minimum Gasteiger partial charge on any atom is -0.373 e. The van der Waals surface area contributed by atoms with E-state index in [-0.39, 0.29) is 24.2 Å². The van der Waals surface area contributed by atoms with Gasteiger partial charge >= 0.3 is 0 Å². The molecule has 2 aliphatic rings. The molecular weight excluding hydrogens is 278 g/mol. The van der Waals surface area contributed by atoms with Crippen LogP contribution >= 0.6 is 0 Å². The maximum absolute atomic E-state index is 12.9. The van der Waals surface area contributed by atoms with Crippen molar-refractivity contribution in [3.63, 3.8) is 0 Å². The Bertz CT molecular complexity index is 419. The molecule has 6 nitrogen and oxygen atoms in total. The summed E-state index contributed by atoms with van der Waals surface area (Å²) in [7, 11) is -3.41. The third-order valence-electron chi connectivity index (χ3n) is 4.26. The Labute approximate surface area is 122 Å². The zero-order valence-electron chi connectivity index (χ0n) is 12.7. The molecule has 0 bridgehead atoms.